The SMILES string of the molecule is N#C/C(=C\c1ccc(Cl)cc1Cl)C(=O)NCc1ccccn1. The number of amides is 1. The Morgan fingerprint density at radius 3 is 2.77 bits per heavy atom. The van der Waals surface area contributed by atoms with Crippen LogP contribution in [0.3, 0.4) is 0 Å². The normalized spacial score (nSPS) is 10.9. The number of nitrogens with zero attached hydrogens (tertiary/aromatic N) is 2. The highest BCUT2D eigenvalue weighted by molar-refractivity contribution is 6.35. The van der Waals surface area contributed by atoms with E-state index in [9.17, 15) is 4.79 Å². The molecular formula is C16H11Cl2N3O. The molecular weight excluding hydrogens is 321 g/mol. The van der Waals surface area contributed by atoms with Gasteiger partial charge in [0.25, 0.3) is 5.91 Å². The maximum Gasteiger partial charge on any atom is 0.262 e. The molecule has 0 fully saturated rings. The molecule has 4 nitrogen and oxygen atoms in total. The summed E-state index contributed by atoms with van der Waals surface area (Å²) in [7, 11) is 0. The van der Waals surface area contributed by atoms with Crippen LogP contribution in [0.1, 0.15) is 11.3 Å². The molecule has 0 aliphatic carbocycles. The minimum Gasteiger partial charge on any atom is -0.346 e. The quantitative estimate of drug-likeness (QED) is 0.687. The number of carbonyl (C=O) groups excluding carboxylic acids is 1. The van der Waals surface area contributed by atoms with E-state index in [0.29, 0.717) is 21.3 Å². The molecule has 0 unspecified atom stereocenters. The van der Waals surface area contributed by atoms with Gasteiger partial charge in [-0.1, -0.05) is 35.3 Å². The molecule has 0 spiro atoms. The Morgan fingerprint density at radius 1 is 1.32 bits per heavy atom. The number of aromatic nitrogens is 1. The summed E-state index contributed by atoms with van der Waals surface area (Å²) in [6, 6.07) is 12.1. The van der Waals surface area contributed by atoms with Crippen LogP contribution in [0.4, 0.5) is 0 Å². The molecule has 110 valence electrons. The van der Waals surface area contributed by atoms with E-state index in [4.69, 9.17) is 28.5 Å². The van der Waals surface area contributed by atoms with Crippen LogP contribution in [0.25, 0.3) is 6.08 Å². The molecule has 0 radical (unpaired) electrons. The molecule has 0 bridgehead atoms. The molecule has 0 atom stereocenters. The number of nitriles is 1. The van der Waals surface area contributed by atoms with E-state index in [1.165, 1.54) is 6.08 Å². The number of pyridine rings is 1. The maximum atomic E-state index is 12.0. The molecule has 0 aliphatic rings. The van der Waals surface area contributed by atoms with E-state index in [2.05, 4.69) is 10.3 Å². The summed E-state index contributed by atoms with van der Waals surface area (Å²) in [6.45, 7) is 0.243. The highest BCUT2D eigenvalue weighted by Crippen LogP contribution is 2.23. The second-order valence-electron chi connectivity index (χ2n) is 4.34. The molecule has 22 heavy (non-hydrogen) atoms. The first-order valence-corrected chi connectivity index (χ1v) is 7.10. The van der Waals surface area contributed by atoms with Crippen LogP contribution < -0.4 is 5.32 Å². The smallest absolute Gasteiger partial charge is 0.262 e. The molecule has 2 rings (SSSR count). The lowest BCUT2D eigenvalue weighted by molar-refractivity contribution is -0.117. The standard InChI is InChI=1S/C16H11Cl2N3O/c17-13-5-4-11(15(18)8-13)7-12(9-19)16(22)21-10-14-3-1-2-6-20-14/h1-8H,10H2,(H,21,22)/b12-7+. The Balaban J connectivity index is 2.12. The Labute approximate surface area is 138 Å². The van der Waals surface area contributed by atoms with Crippen molar-refractivity contribution in [3.05, 3.63) is 69.5 Å². The van der Waals surface area contributed by atoms with Crippen LogP contribution in [0.5, 0.6) is 0 Å². The molecule has 1 heterocycles. The summed E-state index contributed by atoms with van der Waals surface area (Å²) in [6.07, 6.45) is 3.06. The fraction of sp³-hybridized carbons (Fsp3) is 0.0625. The molecule has 1 aromatic carbocycles. The first kappa shape index (κ1) is 16.0. The van der Waals surface area contributed by atoms with E-state index in [-0.39, 0.29) is 12.1 Å². The first-order valence-electron chi connectivity index (χ1n) is 6.35. The van der Waals surface area contributed by atoms with Crippen LogP contribution in [-0.4, -0.2) is 10.9 Å². The van der Waals surface area contributed by atoms with E-state index in [0.717, 1.165) is 0 Å². The van der Waals surface area contributed by atoms with Crippen molar-refractivity contribution in [3.63, 3.8) is 0 Å². The third-order valence-corrected chi connectivity index (χ3v) is 3.35. The van der Waals surface area contributed by atoms with Crippen molar-refractivity contribution in [3.8, 4) is 6.07 Å². The molecule has 1 N–H and O–H groups in total. The summed E-state index contributed by atoms with van der Waals surface area (Å²) in [5.74, 6) is -0.487. The van der Waals surface area contributed by atoms with Gasteiger partial charge in [-0.2, -0.15) is 5.26 Å². The molecule has 2 aromatic rings. The van der Waals surface area contributed by atoms with Crippen molar-refractivity contribution in [1.82, 2.24) is 10.3 Å². The van der Waals surface area contributed by atoms with Crippen molar-refractivity contribution < 1.29 is 4.79 Å². The maximum absolute atomic E-state index is 12.0. The van der Waals surface area contributed by atoms with E-state index >= 15 is 0 Å². The highest BCUT2D eigenvalue weighted by Gasteiger charge is 2.10. The van der Waals surface area contributed by atoms with Crippen molar-refractivity contribution in [2.24, 2.45) is 0 Å². The lowest BCUT2D eigenvalue weighted by Crippen LogP contribution is -2.24. The van der Waals surface area contributed by atoms with Crippen LogP contribution in [0.2, 0.25) is 10.0 Å². The average Bonchev–Trinajstić information content (AvgIpc) is 2.53. The van der Waals surface area contributed by atoms with Gasteiger partial charge in [0.2, 0.25) is 0 Å². The lowest BCUT2D eigenvalue weighted by atomic mass is 10.1. The Bertz CT molecular complexity index is 752. The fourth-order valence-electron chi connectivity index (χ4n) is 1.69. The van der Waals surface area contributed by atoms with Crippen LogP contribution in [0, 0.1) is 11.3 Å². The zero-order chi connectivity index (χ0) is 15.9. The predicted molar refractivity (Wildman–Crippen MR) is 86.1 cm³/mol. The number of rotatable bonds is 4. The molecule has 6 heteroatoms. The van der Waals surface area contributed by atoms with Crippen molar-refractivity contribution >= 4 is 35.2 Å². The number of halogens is 2. The van der Waals surface area contributed by atoms with Gasteiger partial charge in [-0.05, 0) is 35.9 Å². The summed E-state index contributed by atoms with van der Waals surface area (Å²) in [4.78, 5) is 16.1. The van der Waals surface area contributed by atoms with Gasteiger partial charge in [0.1, 0.15) is 11.6 Å². The number of hydrogen-bond acceptors (Lipinski definition) is 3. The average molecular weight is 332 g/mol. The minimum absolute atomic E-state index is 0.0415. The lowest BCUT2D eigenvalue weighted by Gasteiger charge is -2.04. The summed E-state index contributed by atoms with van der Waals surface area (Å²) >= 11 is 11.8. The second kappa shape index (κ2) is 7.60. The third kappa shape index (κ3) is 4.32. The first-order chi connectivity index (χ1) is 10.6. The van der Waals surface area contributed by atoms with Crippen molar-refractivity contribution in [2.75, 3.05) is 0 Å². The van der Waals surface area contributed by atoms with Crippen molar-refractivity contribution in [2.45, 2.75) is 6.54 Å². The third-order valence-electron chi connectivity index (χ3n) is 2.78. The van der Waals surface area contributed by atoms with Gasteiger partial charge in [0.15, 0.2) is 0 Å². The van der Waals surface area contributed by atoms with Gasteiger partial charge >= 0.3 is 0 Å². The highest BCUT2D eigenvalue weighted by atomic mass is 35.5. The zero-order valence-corrected chi connectivity index (χ0v) is 12.9. The van der Waals surface area contributed by atoms with Gasteiger partial charge in [-0.25, -0.2) is 0 Å². The molecule has 0 saturated carbocycles. The largest absolute Gasteiger partial charge is 0.346 e. The minimum atomic E-state index is -0.487. The Kier molecular flexibility index (Phi) is 5.54. The molecule has 1 aromatic heterocycles. The number of nitrogens with one attached hydrogen (secondary N) is 1. The zero-order valence-electron chi connectivity index (χ0n) is 11.4. The number of carbonyl (C=O) groups is 1. The van der Waals surface area contributed by atoms with Gasteiger partial charge in [0.05, 0.1) is 12.2 Å². The van der Waals surface area contributed by atoms with Crippen LogP contribution in [-0.2, 0) is 11.3 Å². The number of benzene rings is 1. The summed E-state index contributed by atoms with van der Waals surface area (Å²) in [5, 5.41) is 12.6. The summed E-state index contributed by atoms with van der Waals surface area (Å²) < 4.78 is 0. The molecule has 0 aliphatic heterocycles. The van der Waals surface area contributed by atoms with E-state index in [1.807, 2.05) is 12.1 Å². The molecule has 1 amide bonds. The second-order valence-corrected chi connectivity index (χ2v) is 5.18. The number of hydrogen-bond donors (Lipinski definition) is 1. The predicted octanol–water partition coefficient (Wildman–Crippen LogP) is 3.61. The van der Waals surface area contributed by atoms with E-state index in [1.54, 1.807) is 36.5 Å². The van der Waals surface area contributed by atoms with Gasteiger partial charge in [-0.15, -0.1) is 0 Å². The monoisotopic (exact) mass is 331 g/mol. The summed E-state index contributed by atoms with van der Waals surface area (Å²) in [5.41, 5.74) is 1.22. The fourth-order valence-corrected chi connectivity index (χ4v) is 2.15. The Morgan fingerprint density at radius 2 is 2.14 bits per heavy atom. The topological polar surface area (TPSA) is 65.8 Å². The van der Waals surface area contributed by atoms with Gasteiger partial charge in [-0.3, -0.25) is 9.78 Å². The van der Waals surface area contributed by atoms with E-state index < -0.39 is 5.91 Å². The molecule has 0 saturated heterocycles. The van der Waals surface area contributed by atoms with Crippen molar-refractivity contribution in [1.29, 1.82) is 5.26 Å². The Hall–Kier alpha value is -2.35. The van der Waals surface area contributed by atoms with Crippen LogP contribution >= 0.6 is 23.2 Å². The van der Waals surface area contributed by atoms with Crippen LogP contribution in [0.15, 0.2) is 48.2 Å². The van der Waals surface area contributed by atoms with Gasteiger partial charge < -0.3 is 5.32 Å². The van der Waals surface area contributed by atoms with Gasteiger partial charge in [0, 0.05) is 16.2 Å².